The Morgan fingerprint density at radius 3 is 2.19 bits per heavy atom. The standard InChI is InChI=1S/C20H19NO5/c22-11-13(9-10-19(23)24)21-20(25)26-12-18-16-7-3-1-5-14(16)15-6-2-4-8-17(15)18/h1-8,11,13,18H,9-10,12H2,(H,21,25)(H,23,24)/t13-/m1/s1. The first-order valence-electron chi connectivity index (χ1n) is 8.38. The molecule has 26 heavy (non-hydrogen) atoms. The number of aldehydes is 1. The highest BCUT2D eigenvalue weighted by atomic mass is 16.5. The lowest BCUT2D eigenvalue weighted by Gasteiger charge is -2.16. The van der Waals surface area contributed by atoms with E-state index >= 15 is 0 Å². The van der Waals surface area contributed by atoms with Crippen LogP contribution in [-0.2, 0) is 14.3 Å². The van der Waals surface area contributed by atoms with Gasteiger partial charge in [-0.2, -0.15) is 0 Å². The molecule has 1 aliphatic carbocycles. The van der Waals surface area contributed by atoms with E-state index in [1.54, 1.807) is 0 Å². The predicted octanol–water partition coefficient (Wildman–Crippen LogP) is 2.96. The zero-order chi connectivity index (χ0) is 18.5. The van der Waals surface area contributed by atoms with Crippen molar-refractivity contribution < 1.29 is 24.2 Å². The third-order valence-electron chi connectivity index (χ3n) is 4.48. The highest BCUT2D eigenvalue weighted by molar-refractivity contribution is 5.79. The fourth-order valence-electron chi connectivity index (χ4n) is 3.24. The largest absolute Gasteiger partial charge is 0.481 e. The van der Waals surface area contributed by atoms with Crippen LogP contribution in [0.4, 0.5) is 4.79 Å². The zero-order valence-corrected chi connectivity index (χ0v) is 14.1. The average molecular weight is 353 g/mol. The van der Waals surface area contributed by atoms with Crippen molar-refractivity contribution in [2.24, 2.45) is 0 Å². The number of carboxylic acid groups (broad SMARTS) is 1. The summed E-state index contributed by atoms with van der Waals surface area (Å²) in [6, 6.07) is 15.1. The molecule has 2 N–H and O–H groups in total. The summed E-state index contributed by atoms with van der Waals surface area (Å²) < 4.78 is 5.32. The summed E-state index contributed by atoms with van der Waals surface area (Å²) in [7, 11) is 0. The van der Waals surface area contributed by atoms with Gasteiger partial charge in [-0.1, -0.05) is 48.5 Å². The summed E-state index contributed by atoms with van der Waals surface area (Å²) >= 11 is 0. The van der Waals surface area contributed by atoms with Crippen LogP contribution in [0.15, 0.2) is 48.5 Å². The first kappa shape index (κ1) is 17.7. The number of carbonyl (C=O) groups excluding carboxylic acids is 2. The summed E-state index contributed by atoms with van der Waals surface area (Å²) in [5, 5.41) is 11.1. The van der Waals surface area contributed by atoms with E-state index in [2.05, 4.69) is 5.32 Å². The van der Waals surface area contributed by atoms with Gasteiger partial charge in [0.15, 0.2) is 0 Å². The monoisotopic (exact) mass is 353 g/mol. The van der Waals surface area contributed by atoms with Crippen molar-refractivity contribution in [3.05, 3.63) is 59.7 Å². The number of hydrogen-bond donors (Lipinski definition) is 2. The molecule has 1 amide bonds. The topological polar surface area (TPSA) is 92.7 Å². The van der Waals surface area contributed by atoms with E-state index in [9.17, 15) is 14.4 Å². The van der Waals surface area contributed by atoms with Gasteiger partial charge in [0.05, 0.1) is 6.04 Å². The molecule has 0 heterocycles. The molecule has 0 saturated heterocycles. The predicted molar refractivity (Wildman–Crippen MR) is 94.9 cm³/mol. The van der Waals surface area contributed by atoms with Gasteiger partial charge < -0.3 is 20.0 Å². The van der Waals surface area contributed by atoms with Crippen LogP contribution in [0.1, 0.15) is 29.9 Å². The molecule has 6 heteroatoms. The van der Waals surface area contributed by atoms with Crippen molar-refractivity contribution in [3.63, 3.8) is 0 Å². The average Bonchev–Trinajstić information content (AvgIpc) is 2.97. The normalized spacial score (nSPS) is 13.4. The lowest BCUT2D eigenvalue weighted by Crippen LogP contribution is -2.37. The van der Waals surface area contributed by atoms with Crippen molar-refractivity contribution in [1.29, 1.82) is 0 Å². The molecule has 0 fully saturated rings. The lowest BCUT2D eigenvalue weighted by molar-refractivity contribution is -0.137. The maximum atomic E-state index is 12.0. The number of carbonyl (C=O) groups is 3. The van der Waals surface area contributed by atoms with Gasteiger partial charge in [-0.25, -0.2) is 4.79 Å². The molecule has 0 unspecified atom stereocenters. The summed E-state index contributed by atoms with van der Waals surface area (Å²) in [5.74, 6) is -1.09. The number of aliphatic carboxylic acids is 1. The van der Waals surface area contributed by atoms with Crippen LogP contribution in [-0.4, -0.2) is 36.1 Å². The lowest BCUT2D eigenvalue weighted by atomic mass is 9.98. The molecule has 0 aromatic heterocycles. The van der Waals surface area contributed by atoms with Gasteiger partial charge in [0.1, 0.15) is 12.9 Å². The molecule has 3 rings (SSSR count). The highest BCUT2D eigenvalue weighted by Gasteiger charge is 2.29. The van der Waals surface area contributed by atoms with Crippen molar-refractivity contribution in [1.82, 2.24) is 5.32 Å². The Labute approximate surface area is 150 Å². The molecule has 0 aliphatic heterocycles. The smallest absolute Gasteiger partial charge is 0.407 e. The van der Waals surface area contributed by atoms with Crippen molar-refractivity contribution in [2.75, 3.05) is 6.61 Å². The SMILES string of the molecule is O=C[C@@H](CCC(=O)O)NC(=O)OCC1c2ccccc2-c2ccccc21. The van der Waals surface area contributed by atoms with Crippen molar-refractivity contribution in [2.45, 2.75) is 24.8 Å². The second kappa shape index (κ2) is 7.82. The van der Waals surface area contributed by atoms with E-state index in [1.807, 2.05) is 48.5 Å². The van der Waals surface area contributed by atoms with Gasteiger partial charge >= 0.3 is 12.1 Å². The maximum absolute atomic E-state index is 12.0. The van der Waals surface area contributed by atoms with Gasteiger partial charge in [0.25, 0.3) is 0 Å². The molecular weight excluding hydrogens is 334 g/mol. The van der Waals surface area contributed by atoms with E-state index in [0.29, 0.717) is 6.29 Å². The molecule has 2 aromatic rings. The molecule has 134 valence electrons. The summed E-state index contributed by atoms with van der Waals surface area (Å²) in [6.07, 6.45) is -0.380. The van der Waals surface area contributed by atoms with E-state index in [1.165, 1.54) is 0 Å². The number of amides is 1. The quantitative estimate of drug-likeness (QED) is 0.747. The fourth-order valence-corrected chi connectivity index (χ4v) is 3.24. The Kier molecular flexibility index (Phi) is 5.31. The Morgan fingerprint density at radius 2 is 1.65 bits per heavy atom. The maximum Gasteiger partial charge on any atom is 0.407 e. The van der Waals surface area contributed by atoms with Crippen molar-refractivity contribution in [3.8, 4) is 11.1 Å². The number of benzene rings is 2. The molecule has 6 nitrogen and oxygen atoms in total. The second-order valence-corrected chi connectivity index (χ2v) is 6.14. The summed E-state index contributed by atoms with van der Waals surface area (Å²) in [5.41, 5.74) is 4.45. The highest BCUT2D eigenvalue weighted by Crippen LogP contribution is 2.44. The van der Waals surface area contributed by atoms with Crippen LogP contribution in [0.2, 0.25) is 0 Å². The van der Waals surface area contributed by atoms with Gasteiger partial charge in [0.2, 0.25) is 0 Å². The molecule has 1 aliphatic rings. The second-order valence-electron chi connectivity index (χ2n) is 6.14. The minimum atomic E-state index is -1.02. The number of hydrogen-bond acceptors (Lipinski definition) is 4. The Balaban J connectivity index is 1.65. The molecule has 0 spiro atoms. The minimum absolute atomic E-state index is 0.0308. The van der Waals surface area contributed by atoms with Crippen LogP contribution in [0.25, 0.3) is 11.1 Å². The van der Waals surface area contributed by atoms with Gasteiger partial charge in [-0.3, -0.25) is 4.79 Å². The Bertz CT molecular complexity index is 787. The number of alkyl carbamates (subject to hydrolysis) is 1. The summed E-state index contributed by atoms with van der Waals surface area (Å²) in [4.78, 5) is 33.6. The number of nitrogens with one attached hydrogen (secondary N) is 1. The van der Waals surface area contributed by atoms with E-state index in [4.69, 9.17) is 9.84 Å². The van der Waals surface area contributed by atoms with Crippen LogP contribution < -0.4 is 5.32 Å². The first-order valence-corrected chi connectivity index (χ1v) is 8.38. The van der Waals surface area contributed by atoms with Gasteiger partial charge in [0, 0.05) is 12.3 Å². The van der Waals surface area contributed by atoms with Crippen LogP contribution >= 0.6 is 0 Å². The van der Waals surface area contributed by atoms with E-state index in [0.717, 1.165) is 22.3 Å². The van der Waals surface area contributed by atoms with Crippen LogP contribution in [0, 0.1) is 0 Å². The number of carboxylic acids is 1. The van der Waals surface area contributed by atoms with E-state index in [-0.39, 0.29) is 25.4 Å². The van der Waals surface area contributed by atoms with Crippen LogP contribution in [0.3, 0.4) is 0 Å². The number of rotatable bonds is 7. The third kappa shape index (κ3) is 3.74. The molecule has 1 atom stereocenters. The Hall–Kier alpha value is -3.15. The fraction of sp³-hybridized carbons (Fsp3) is 0.250. The third-order valence-corrected chi connectivity index (χ3v) is 4.48. The van der Waals surface area contributed by atoms with Crippen LogP contribution in [0.5, 0.6) is 0 Å². The molecule has 2 aromatic carbocycles. The first-order chi connectivity index (χ1) is 12.6. The van der Waals surface area contributed by atoms with Gasteiger partial charge in [-0.05, 0) is 28.7 Å². The number of fused-ring (bicyclic) bond motifs is 3. The molecule has 0 radical (unpaired) electrons. The Morgan fingerprint density at radius 1 is 1.08 bits per heavy atom. The molecular formula is C20H19NO5. The van der Waals surface area contributed by atoms with E-state index < -0.39 is 18.1 Å². The molecule has 0 saturated carbocycles. The van der Waals surface area contributed by atoms with Crippen molar-refractivity contribution >= 4 is 18.3 Å². The molecule has 0 bridgehead atoms. The van der Waals surface area contributed by atoms with Gasteiger partial charge in [-0.15, -0.1) is 0 Å². The zero-order valence-electron chi connectivity index (χ0n) is 14.1. The number of ether oxygens (including phenoxy) is 1. The summed E-state index contributed by atoms with van der Waals surface area (Å²) in [6.45, 7) is 0.143. The minimum Gasteiger partial charge on any atom is -0.481 e.